The number of nitrogens with one attached hydrogen (secondary N) is 1. The Kier molecular flexibility index (Phi) is 5.92. The van der Waals surface area contributed by atoms with Crippen molar-refractivity contribution < 1.29 is 9.59 Å². The van der Waals surface area contributed by atoms with E-state index in [0.717, 1.165) is 11.3 Å². The van der Waals surface area contributed by atoms with E-state index in [-0.39, 0.29) is 30.3 Å². The van der Waals surface area contributed by atoms with Crippen LogP contribution in [-0.2, 0) is 24.7 Å². The number of aryl methyl sites for hydroxylation is 2. The Labute approximate surface area is 164 Å². The van der Waals surface area contributed by atoms with Crippen LogP contribution < -0.4 is 10.9 Å². The van der Waals surface area contributed by atoms with Gasteiger partial charge in [0.1, 0.15) is 5.82 Å². The Balaban J connectivity index is 1.54. The molecule has 3 rings (SSSR count). The second-order valence-electron chi connectivity index (χ2n) is 7.20. The normalized spacial score (nSPS) is 13.6. The summed E-state index contributed by atoms with van der Waals surface area (Å²) < 4.78 is 1.55. The Morgan fingerprint density at radius 2 is 1.79 bits per heavy atom. The zero-order chi connectivity index (χ0) is 20.3. The second-order valence-corrected chi connectivity index (χ2v) is 7.20. The third kappa shape index (κ3) is 4.30. The molecule has 0 fully saturated rings. The molecule has 148 valence electrons. The highest BCUT2D eigenvalue weighted by Gasteiger charge is 2.22. The third-order valence-corrected chi connectivity index (χ3v) is 5.23. The van der Waals surface area contributed by atoms with Gasteiger partial charge in [-0.25, -0.2) is 4.98 Å². The molecule has 0 radical (unpaired) electrons. The van der Waals surface area contributed by atoms with Gasteiger partial charge in [-0.3, -0.25) is 19.0 Å². The smallest absolute Gasteiger partial charge is 0.256 e. The molecule has 2 aromatic rings. The van der Waals surface area contributed by atoms with E-state index < -0.39 is 0 Å². The highest BCUT2D eigenvalue weighted by molar-refractivity contribution is 5.94. The molecule has 7 heteroatoms. The fourth-order valence-electron chi connectivity index (χ4n) is 3.37. The van der Waals surface area contributed by atoms with Gasteiger partial charge in [0.15, 0.2) is 0 Å². The van der Waals surface area contributed by atoms with Crippen LogP contribution >= 0.6 is 0 Å². The van der Waals surface area contributed by atoms with Gasteiger partial charge in [-0.2, -0.15) is 0 Å². The van der Waals surface area contributed by atoms with Gasteiger partial charge in [0.2, 0.25) is 5.91 Å². The minimum Gasteiger partial charge on any atom is -0.352 e. The summed E-state index contributed by atoms with van der Waals surface area (Å²) in [5.74, 6) is 0.479. The lowest BCUT2D eigenvalue weighted by atomic mass is 10.1. The third-order valence-electron chi connectivity index (χ3n) is 5.23. The van der Waals surface area contributed by atoms with E-state index in [1.165, 1.54) is 0 Å². The van der Waals surface area contributed by atoms with Gasteiger partial charge < -0.3 is 10.2 Å². The Hall–Kier alpha value is -2.96. The largest absolute Gasteiger partial charge is 0.352 e. The molecule has 0 saturated heterocycles. The van der Waals surface area contributed by atoms with Crippen molar-refractivity contribution in [2.24, 2.45) is 7.05 Å². The number of carbonyl (C=O) groups excluding carboxylic acids is 2. The molecule has 0 atom stereocenters. The van der Waals surface area contributed by atoms with Crippen molar-refractivity contribution >= 4 is 11.8 Å². The number of carbonyl (C=O) groups is 2. The van der Waals surface area contributed by atoms with Crippen LogP contribution in [0.5, 0.6) is 0 Å². The highest BCUT2D eigenvalue weighted by Crippen LogP contribution is 2.12. The molecule has 7 nitrogen and oxygen atoms in total. The van der Waals surface area contributed by atoms with Gasteiger partial charge in [-0.05, 0) is 32.4 Å². The first-order valence-corrected chi connectivity index (χ1v) is 9.55. The van der Waals surface area contributed by atoms with Crippen molar-refractivity contribution in [1.82, 2.24) is 19.8 Å². The lowest BCUT2D eigenvalue weighted by Crippen LogP contribution is -2.36. The quantitative estimate of drug-likeness (QED) is 0.860. The van der Waals surface area contributed by atoms with Crippen molar-refractivity contribution in [1.29, 1.82) is 0 Å². The lowest BCUT2D eigenvalue weighted by Gasteiger charge is -2.20. The van der Waals surface area contributed by atoms with Crippen molar-refractivity contribution in [3.8, 4) is 0 Å². The average molecular weight is 382 g/mol. The Bertz CT molecular complexity index is 947. The minimum absolute atomic E-state index is 0.0226. The molecule has 0 spiro atoms. The van der Waals surface area contributed by atoms with Gasteiger partial charge in [0.25, 0.3) is 11.5 Å². The van der Waals surface area contributed by atoms with Gasteiger partial charge in [-0.1, -0.05) is 17.7 Å². The Morgan fingerprint density at radius 1 is 1.11 bits per heavy atom. The maximum atomic E-state index is 12.6. The van der Waals surface area contributed by atoms with Crippen LogP contribution in [0.4, 0.5) is 0 Å². The first kappa shape index (κ1) is 19.8. The number of fused-ring (bicyclic) bond motifs is 1. The van der Waals surface area contributed by atoms with Gasteiger partial charge in [0.05, 0.1) is 5.69 Å². The number of amides is 2. The second kappa shape index (κ2) is 8.37. The van der Waals surface area contributed by atoms with E-state index in [4.69, 9.17) is 0 Å². The van der Waals surface area contributed by atoms with Gasteiger partial charge in [-0.15, -0.1) is 0 Å². The molecule has 1 aromatic heterocycles. The first-order chi connectivity index (χ1) is 13.4. The van der Waals surface area contributed by atoms with Crippen molar-refractivity contribution in [2.45, 2.75) is 33.1 Å². The molecule has 0 unspecified atom stereocenters. The van der Waals surface area contributed by atoms with Crippen LogP contribution in [0.1, 0.15) is 39.4 Å². The maximum absolute atomic E-state index is 12.6. The van der Waals surface area contributed by atoms with Crippen LogP contribution in [-0.4, -0.2) is 45.9 Å². The summed E-state index contributed by atoms with van der Waals surface area (Å²) in [6, 6.07) is 7.31. The topological polar surface area (TPSA) is 84.3 Å². The summed E-state index contributed by atoms with van der Waals surface area (Å²) in [7, 11) is 1.72. The molecule has 0 bridgehead atoms. The van der Waals surface area contributed by atoms with Crippen LogP contribution in [0.2, 0.25) is 0 Å². The molecular formula is C21H26N4O3. The van der Waals surface area contributed by atoms with E-state index in [2.05, 4.69) is 10.3 Å². The van der Waals surface area contributed by atoms with Crippen LogP contribution in [0.15, 0.2) is 29.1 Å². The predicted octanol–water partition coefficient (Wildman–Crippen LogP) is 1.14. The summed E-state index contributed by atoms with van der Waals surface area (Å²) in [5.41, 5.74) is 3.15. The van der Waals surface area contributed by atoms with Crippen LogP contribution in [0.3, 0.4) is 0 Å². The van der Waals surface area contributed by atoms with Crippen LogP contribution in [0.25, 0.3) is 0 Å². The zero-order valence-electron chi connectivity index (χ0n) is 16.6. The molecule has 0 aliphatic carbocycles. The van der Waals surface area contributed by atoms with Crippen molar-refractivity contribution in [3.05, 3.63) is 62.8 Å². The molecule has 2 amide bonds. The molecule has 1 aliphatic heterocycles. The summed E-state index contributed by atoms with van der Waals surface area (Å²) in [5, 5.41) is 2.79. The van der Waals surface area contributed by atoms with Crippen molar-refractivity contribution in [3.63, 3.8) is 0 Å². The first-order valence-electron chi connectivity index (χ1n) is 9.55. The molecule has 28 heavy (non-hydrogen) atoms. The lowest BCUT2D eigenvalue weighted by molar-refractivity contribution is -0.130. The molecule has 1 aromatic carbocycles. The van der Waals surface area contributed by atoms with E-state index in [1.807, 2.05) is 26.0 Å². The predicted molar refractivity (Wildman–Crippen MR) is 106 cm³/mol. The monoisotopic (exact) mass is 382 g/mol. The maximum Gasteiger partial charge on any atom is 0.256 e. The zero-order valence-corrected chi connectivity index (χ0v) is 16.6. The number of rotatable bonds is 4. The highest BCUT2D eigenvalue weighted by atomic mass is 16.2. The van der Waals surface area contributed by atoms with Gasteiger partial charge in [0, 0.05) is 50.7 Å². The summed E-state index contributed by atoms with van der Waals surface area (Å²) >= 11 is 0. The van der Waals surface area contributed by atoms with Crippen LogP contribution in [0, 0.1) is 13.8 Å². The Morgan fingerprint density at radius 3 is 2.50 bits per heavy atom. The number of nitrogens with zero attached hydrogens (tertiary/aromatic N) is 3. The molecule has 1 aliphatic rings. The number of aromatic nitrogens is 2. The van der Waals surface area contributed by atoms with Crippen molar-refractivity contribution in [2.75, 3.05) is 19.6 Å². The number of hydrogen-bond acceptors (Lipinski definition) is 4. The summed E-state index contributed by atoms with van der Waals surface area (Å²) in [4.78, 5) is 43.4. The fraction of sp³-hybridized carbons (Fsp3) is 0.429. The van der Waals surface area contributed by atoms with Gasteiger partial charge >= 0.3 is 0 Å². The summed E-state index contributed by atoms with van der Waals surface area (Å²) in [6.07, 6.45) is 1.32. The molecule has 2 heterocycles. The standard InChI is InChI=1S/C21H26N4O3/c1-14-4-6-16(7-5-14)20(27)22-11-8-19(26)25-12-9-17-18(10-13-25)23-15(2)24(3)21(17)28/h4-7H,8-13H2,1-3H3,(H,22,27). The van der Waals surface area contributed by atoms with E-state index in [9.17, 15) is 14.4 Å². The molecular weight excluding hydrogens is 356 g/mol. The van der Waals surface area contributed by atoms with E-state index >= 15 is 0 Å². The molecule has 1 N–H and O–H groups in total. The SMILES string of the molecule is Cc1ccc(C(=O)NCCC(=O)N2CCc3nc(C)n(C)c(=O)c3CC2)cc1. The van der Waals surface area contributed by atoms with E-state index in [0.29, 0.717) is 42.9 Å². The minimum atomic E-state index is -0.181. The fourth-order valence-corrected chi connectivity index (χ4v) is 3.37. The van der Waals surface area contributed by atoms with E-state index in [1.54, 1.807) is 28.6 Å². The number of benzene rings is 1. The average Bonchev–Trinajstić information content (AvgIpc) is 2.89. The number of hydrogen-bond donors (Lipinski definition) is 1. The summed E-state index contributed by atoms with van der Waals surface area (Å²) in [6.45, 7) is 5.10. The molecule has 0 saturated carbocycles.